The van der Waals surface area contributed by atoms with E-state index in [1.807, 2.05) is 0 Å². The van der Waals surface area contributed by atoms with Crippen molar-refractivity contribution in [3.05, 3.63) is 29.8 Å². The van der Waals surface area contributed by atoms with Gasteiger partial charge < -0.3 is 20.5 Å². The molecular formula is C12H16N2O4. The Morgan fingerprint density at radius 2 is 1.94 bits per heavy atom. The van der Waals surface area contributed by atoms with Crippen LogP contribution in [0.4, 0.5) is 5.69 Å². The Balaban J connectivity index is 2.32. The Bertz CT molecular complexity index is 403. The largest absolute Gasteiger partial charge is 0.452 e. The molecule has 0 heterocycles. The van der Waals surface area contributed by atoms with Gasteiger partial charge in [-0.1, -0.05) is 0 Å². The van der Waals surface area contributed by atoms with E-state index in [9.17, 15) is 9.59 Å². The van der Waals surface area contributed by atoms with Crippen LogP contribution in [0.25, 0.3) is 0 Å². The lowest BCUT2D eigenvalue weighted by molar-refractivity contribution is -0.124. The summed E-state index contributed by atoms with van der Waals surface area (Å²) >= 11 is 0. The molecular weight excluding hydrogens is 236 g/mol. The maximum Gasteiger partial charge on any atom is 0.338 e. The first-order chi connectivity index (χ1) is 8.63. The fourth-order valence-electron chi connectivity index (χ4n) is 1.18. The zero-order chi connectivity index (χ0) is 13.4. The van der Waals surface area contributed by atoms with Crippen molar-refractivity contribution in [3.63, 3.8) is 0 Å². The summed E-state index contributed by atoms with van der Waals surface area (Å²) in [5, 5.41) is 2.54. The van der Waals surface area contributed by atoms with E-state index in [0.29, 0.717) is 24.4 Å². The van der Waals surface area contributed by atoms with Crippen molar-refractivity contribution in [2.45, 2.75) is 0 Å². The molecule has 18 heavy (non-hydrogen) atoms. The molecule has 0 atom stereocenters. The number of carbonyl (C=O) groups is 2. The van der Waals surface area contributed by atoms with Gasteiger partial charge >= 0.3 is 5.97 Å². The molecule has 3 N–H and O–H groups in total. The van der Waals surface area contributed by atoms with Gasteiger partial charge in [0.05, 0.1) is 12.2 Å². The van der Waals surface area contributed by atoms with Crippen molar-refractivity contribution in [2.75, 3.05) is 32.6 Å². The van der Waals surface area contributed by atoms with Crippen LogP contribution in [0.3, 0.4) is 0 Å². The Hall–Kier alpha value is -2.08. The zero-order valence-electron chi connectivity index (χ0n) is 10.1. The monoisotopic (exact) mass is 252 g/mol. The zero-order valence-corrected chi connectivity index (χ0v) is 10.1. The molecule has 0 spiro atoms. The van der Waals surface area contributed by atoms with Crippen LogP contribution in [-0.2, 0) is 14.3 Å². The Morgan fingerprint density at radius 3 is 2.56 bits per heavy atom. The molecule has 0 saturated heterocycles. The highest BCUT2D eigenvalue weighted by Crippen LogP contribution is 2.06. The summed E-state index contributed by atoms with van der Waals surface area (Å²) in [5.74, 6) is -0.923. The third-order valence-corrected chi connectivity index (χ3v) is 2.11. The molecule has 0 aromatic heterocycles. The van der Waals surface area contributed by atoms with E-state index in [2.05, 4.69) is 5.32 Å². The topological polar surface area (TPSA) is 90.6 Å². The highest BCUT2D eigenvalue weighted by molar-refractivity contribution is 5.91. The van der Waals surface area contributed by atoms with E-state index in [1.165, 1.54) is 7.11 Å². The van der Waals surface area contributed by atoms with Gasteiger partial charge in [0, 0.05) is 19.3 Å². The van der Waals surface area contributed by atoms with Crippen molar-refractivity contribution in [2.24, 2.45) is 0 Å². The average Bonchev–Trinajstić information content (AvgIpc) is 2.37. The molecule has 0 unspecified atom stereocenters. The van der Waals surface area contributed by atoms with Gasteiger partial charge in [-0.15, -0.1) is 0 Å². The number of nitrogens with two attached hydrogens (primary N) is 1. The minimum Gasteiger partial charge on any atom is -0.452 e. The van der Waals surface area contributed by atoms with Crippen molar-refractivity contribution in [3.8, 4) is 0 Å². The molecule has 1 aromatic rings. The first kappa shape index (κ1) is 14.0. The average molecular weight is 252 g/mol. The molecule has 0 aliphatic rings. The number of hydrogen-bond acceptors (Lipinski definition) is 5. The van der Waals surface area contributed by atoms with Gasteiger partial charge in [-0.05, 0) is 24.3 Å². The van der Waals surface area contributed by atoms with Crippen molar-refractivity contribution in [1.82, 2.24) is 5.32 Å². The summed E-state index contributed by atoms with van der Waals surface area (Å²) in [6.07, 6.45) is 0. The third kappa shape index (κ3) is 4.84. The number of amides is 1. The Kier molecular flexibility index (Phi) is 5.66. The molecule has 1 amide bonds. The van der Waals surface area contributed by atoms with Gasteiger partial charge in [0.1, 0.15) is 0 Å². The SMILES string of the molecule is COCCNC(=O)COC(=O)c1ccc(N)cc1. The van der Waals surface area contributed by atoms with Crippen LogP contribution in [-0.4, -0.2) is 38.7 Å². The van der Waals surface area contributed by atoms with E-state index >= 15 is 0 Å². The smallest absolute Gasteiger partial charge is 0.338 e. The second-order valence-corrected chi connectivity index (χ2v) is 3.54. The van der Waals surface area contributed by atoms with Gasteiger partial charge in [-0.25, -0.2) is 4.79 Å². The summed E-state index contributed by atoms with van der Waals surface area (Å²) < 4.78 is 9.59. The van der Waals surface area contributed by atoms with E-state index < -0.39 is 5.97 Å². The summed E-state index contributed by atoms with van der Waals surface area (Å²) in [6, 6.07) is 6.27. The van der Waals surface area contributed by atoms with Crippen molar-refractivity contribution >= 4 is 17.6 Å². The molecule has 0 bridgehead atoms. The Labute approximate surface area is 105 Å². The van der Waals surface area contributed by atoms with Gasteiger partial charge in [0.2, 0.25) is 0 Å². The highest BCUT2D eigenvalue weighted by atomic mass is 16.5. The maximum atomic E-state index is 11.5. The van der Waals surface area contributed by atoms with E-state index in [4.69, 9.17) is 15.2 Å². The van der Waals surface area contributed by atoms with Gasteiger partial charge in [0.25, 0.3) is 5.91 Å². The van der Waals surface area contributed by atoms with Crippen LogP contribution in [0.1, 0.15) is 10.4 Å². The van der Waals surface area contributed by atoms with Crippen LogP contribution in [0.15, 0.2) is 24.3 Å². The van der Waals surface area contributed by atoms with Crippen LogP contribution in [0, 0.1) is 0 Å². The van der Waals surface area contributed by atoms with Crippen LogP contribution in [0.2, 0.25) is 0 Å². The third-order valence-electron chi connectivity index (χ3n) is 2.11. The van der Waals surface area contributed by atoms with Gasteiger partial charge in [0.15, 0.2) is 6.61 Å². The standard InChI is InChI=1S/C12H16N2O4/c1-17-7-6-14-11(15)8-18-12(16)9-2-4-10(13)5-3-9/h2-5H,6-8,13H2,1H3,(H,14,15). The normalized spacial score (nSPS) is 9.83. The number of ether oxygens (including phenoxy) is 2. The fourth-order valence-corrected chi connectivity index (χ4v) is 1.18. The van der Waals surface area contributed by atoms with E-state index in [-0.39, 0.29) is 12.5 Å². The molecule has 6 nitrogen and oxygen atoms in total. The molecule has 6 heteroatoms. The van der Waals surface area contributed by atoms with E-state index in [0.717, 1.165) is 0 Å². The molecule has 0 fully saturated rings. The number of rotatable bonds is 6. The summed E-state index contributed by atoms with van der Waals surface area (Å²) in [6.45, 7) is 0.485. The second-order valence-electron chi connectivity index (χ2n) is 3.54. The first-order valence-electron chi connectivity index (χ1n) is 5.42. The number of nitrogen functional groups attached to an aromatic ring is 1. The van der Waals surface area contributed by atoms with Gasteiger partial charge in [-0.2, -0.15) is 0 Å². The summed E-state index contributed by atoms with van der Waals surface area (Å²) in [4.78, 5) is 22.8. The minimum absolute atomic E-state index is 0.313. The van der Waals surface area contributed by atoms with Gasteiger partial charge in [-0.3, -0.25) is 4.79 Å². The predicted molar refractivity (Wildman–Crippen MR) is 66.0 cm³/mol. The van der Waals surface area contributed by atoms with Crippen LogP contribution >= 0.6 is 0 Å². The number of methoxy groups -OCH3 is 1. The minimum atomic E-state index is -0.558. The summed E-state index contributed by atoms with van der Waals surface area (Å²) in [7, 11) is 1.54. The number of hydrogen-bond donors (Lipinski definition) is 2. The van der Waals surface area contributed by atoms with Crippen molar-refractivity contribution in [1.29, 1.82) is 0 Å². The van der Waals surface area contributed by atoms with Crippen LogP contribution < -0.4 is 11.1 Å². The number of carbonyl (C=O) groups excluding carboxylic acids is 2. The lowest BCUT2D eigenvalue weighted by atomic mass is 10.2. The molecule has 0 aliphatic carbocycles. The summed E-state index contributed by atoms with van der Waals surface area (Å²) in [5.41, 5.74) is 6.40. The lowest BCUT2D eigenvalue weighted by Gasteiger charge is -2.06. The highest BCUT2D eigenvalue weighted by Gasteiger charge is 2.09. The molecule has 0 saturated carbocycles. The first-order valence-corrected chi connectivity index (χ1v) is 5.42. The fraction of sp³-hybridized carbons (Fsp3) is 0.333. The van der Waals surface area contributed by atoms with E-state index in [1.54, 1.807) is 24.3 Å². The molecule has 1 aromatic carbocycles. The van der Waals surface area contributed by atoms with Crippen LogP contribution in [0.5, 0.6) is 0 Å². The number of anilines is 1. The number of nitrogens with one attached hydrogen (secondary N) is 1. The lowest BCUT2D eigenvalue weighted by Crippen LogP contribution is -2.31. The number of benzene rings is 1. The predicted octanol–water partition coefficient (Wildman–Crippen LogP) is 0.188. The second kappa shape index (κ2) is 7.29. The van der Waals surface area contributed by atoms with Crippen molar-refractivity contribution < 1.29 is 19.1 Å². The quantitative estimate of drug-likeness (QED) is 0.428. The maximum absolute atomic E-state index is 11.5. The Morgan fingerprint density at radius 1 is 1.28 bits per heavy atom. The molecule has 0 radical (unpaired) electrons. The molecule has 1 rings (SSSR count). The molecule has 98 valence electrons. The number of esters is 1. The molecule has 0 aliphatic heterocycles.